The van der Waals surface area contributed by atoms with Crippen LogP contribution in [0, 0.1) is 0 Å². The van der Waals surface area contributed by atoms with Gasteiger partial charge >= 0.3 is 0 Å². The van der Waals surface area contributed by atoms with Crippen molar-refractivity contribution in [1.82, 2.24) is 14.9 Å². The van der Waals surface area contributed by atoms with Gasteiger partial charge in [-0.05, 0) is 30.5 Å². The number of hydrogen-bond acceptors (Lipinski definition) is 4. The monoisotopic (exact) mass is 373 g/mol. The molecule has 1 aromatic heterocycles. The van der Waals surface area contributed by atoms with E-state index in [1.54, 1.807) is 6.20 Å². The van der Waals surface area contributed by atoms with Crippen LogP contribution in [-0.4, -0.2) is 39.0 Å². The molecule has 0 aliphatic carbocycles. The number of likely N-dealkylation sites (tertiary alicyclic amines) is 1. The lowest BCUT2D eigenvalue weighted by Gasteiger charge is -2.32. The van der Waals surface area contributed by atoms with Gasteiger partial charge in [-0.3, -0.25) is 9.78 Å². The standard InChI is InChI=1S/C23H23N3O2/c27-16-17-8-10-18(11-9-17)21-13-24-14-22(25-21)20-7-4-12-26(15-20)23(28)19-5-2-1-3-6-19/h1-3,5-6,8-11,13-14,20,27H,4,7,12,15-16H2/t20-/m0/s1. The summed E-state index contributed by atoms with van der Waals surface area (Å²) >= 11 is 0. The highest BCUT2D eigenvalue weighted by molar-refractivity contribution is 5.94. The first kappa shape index (κ1) is 18.3. The quantitative estimate of drug-likeness (QED) is 0.758. The first-order valence-electron chi connectivity index (χ1n) is 9.61. The molecule has 2 aromatic carbocycles. The predicted octanol–water partition coefficient (Wildman–Crippen LogP) is 3.66. The van der Waals surface area contributed by atoms with Gasteiger partial charge < -0.3 is 10.0 Å². The Labute approximate surface area is 164 Å². The fourth-order valence-electron chi connectivity index (χ4n) is 3.66. The molecule has 1 fully saturated rings. The molecule has 0 spiro atoms. The molecule has 0 radical (unpaired) electrons. The van der Waals surface area contributed by atoms with Crippen molar-refractivity contribution in [2.24, 2.45) is 0 Å². The Hall–Kier alpha value is -3.05. The fourth-order valence-corrected chi connectivity index (χ4v) is 3.66. The Bertz CT molecular complexity index is 942. The zero-order valence-electron chi connectivity index (χ0n) is 15.7. The van der Waals surface area contributed by atoms with E-state index in [0.717, 1.165) is 47.5 Å². The lowest BCUT2D eigenvalue weighted by molar-refractivity contribution is 0.0706. The highest BCUT2D eigenvalue weighted by Gasteiger charge is 2.26. The molecule has 1 saturated heterocycles. The first-order valence-corrected chi connectivity index (χ1v) is 9.61. The van der Waals surface area contributed by atoms with Gasteiger partial charge in [0.2, 0.25) is 0 Å². The van der Waals surface area contributed by atoms with E-state index in [-0.39, 0.29) is 18.4 Å². The first-order chi connectivity index (χ1) is 13.7. The van der Waals surface area contributed by atoms with Gasteiger partial charge in [0.25, 0.3) is 5.91 Å². The number of amides is 1. The van der Waals surface area contributed by atoms with E-state index in [9.17, 15) is 9.90 Å². The number of rotatable bonds is 4. The highest BCUT2D eigenvalue weighted by Crippen LogP contribution is 2.28. The van der Waals surface area contributed by atoms with Crippen LogP contribution in [0.5, 0.6) is 0 Å². The Morgan fingerprint density at radius 2 is 1.86 bits per heavy atom. The van der Waals surface area contributed by atoms with Crippen LogP contribution in [0.4, 0.5) is 0 Å². The van der Waals surface area contributed by atoms with Gasteiger partial charge in [-0.2, -0.15) is 0 Å². The third-order valence-electron chi connectivity index (χ3n) is 5.23. The average Bonchev–Trinajstić information content (AvgIpc) is 2.79. The molecule has 142 valence electrons. The van der Waals surface area contributed by atoms with Crippen molar-refractivity contribution in [1.29, 1.82) is 0 Å². The summed E-state index contributed by atoms with van der Waals surface area (Å²) in [5, 5.41) is 9.21. The van der Waals surface area contributed by atoms with E-state index < -0.39 is 0 Å². The van der Waals surface area contributed by atoms with Crippen LogP contribution in [0.1, 0.15) is 40.4 Å². The van der Waals surface area contributed by atoms with Crippen LogP contribution in [0.25, 0.3) is 11.3 Å². The summed E-state index contributed by atoms with van der Waals surface area (Å²) in [5.41, 5.74) is 4.31. The van der Waals surface area contributed by atoms with Gasteiger partial charge in [0, 0.05) is 36.3 Å². The molecule has 1 aliphatic rings. The van der Waals surface area contributed by atoms with Crippen molar-refractivity contribution in [3.8, 4) is 11.3 Å². The molecule has 5 nitrogen and oxygen atoms in total. The minimum atomic E-state index is 0.0271. The van der Waals surface area contributed by atoms with Gasteiger partial charge in [-0.1, -0.05) is 42.5 Å². The second-order valence-corrected chi connectivity index (χ2v) is 7.14. The number of nitrogens with zero attached hydrogens (tertiary/aromatic N) is 3. The van der Waals surface area contributed by atoms with Crippen LogP contribution in [0.2, 0.25) is 0 Å². The number of carbonyl (C=O) groups excluding carboxylic acids is 1. The molecule has 1 aliphatic heterocycles. The molecule has 4 rings (SSSR count). The van der Waals surface area contributed by atoms with Crippen molar-refractivity contribution in [2.75, 3.05) is 13.1 Å². The van der Waals surface area contributed by atoms with E-state index in [1.165, 1.54) is 0 Å². The number of hydrogen-bond donors (Lipinski definition) is 1. The normalized spacial score (nSPS) is 16.8. The van der Waals surface area contributed by atoms with Gasteiger partial charge in [0.1, 0.15) is 0 Å². The summed E-state index contributed by atoms with van der Waals surface area (Å²) < 4.78 is 0. The van der Waals surface area contributed by atoms with E-state index in [4.69, 9.17) is 4.98 Å². The number of aliphatic hydroxyl groups is 1. The fraction of sp³-hybridized carbons (Fsp3) is 0.261. The molecule has 1 N–H and O–H groups in total. The van der Waals surface area contributed by atoms with E-state index in [1.807, 2.05) is 65.7 Å². The topological polar surface area (TPSA) is 66.3 Å². The molecular formula is C23H23N3O2. The van der Waals surface area contributed by atoms with Crippen LogP contribution >= 0.6 is 0 Å². The maximum atomic E-state index is 12.8. The van der Waals surface area contributed by atoms with Crippen LogP contribution in [0.3, 0.4) is 0 Å². The number of aliphatic hydroxyl groups excluding tert-OH is 1. The maximum Gasteiger partial charge on any atom is 0.253 e. The smallest absolute Gasteiger partial charge is 0.253 e. The lowest BCUT2D eigenvalue weighted by atomic mass is 9.94. The zero-order chi connectivity index (χ0) is 19.3. The molecule has 28 heavy (non-hydrogen) atoms. The highest BCUT2D eigenvalue weighted by atomic mass is 16.3. The van der Waals surface area contributed by atoms with Gasteiger partial charge in [0.05, 0.1) is 24.2 Å². The van der Waals surface area contributed by atoms with Crippen LogP contribution in [0.15, 0.2) is 67.0 Å². The van der Waals surface area contributed by atoms with Crippen LogP contribution in [-0.2, 0) is 6.61 Å². The Morgan fingerprint density at radius 3 is 2.61 bits per heavy atom. The lowest BCUT2D eigenvalue weighted by Crippen LogP contribution is -2.39. The number of piperidine rings is 1. The molecule has 2 heterocycles. The Morgan fingerprint density at radius 1 is 1.07 bits per heavy atom. The molecule has 3 aromatic rings. The second-order valence-electron chi connectivity index (χ2n) is 7.14. The Kier molecular flexibility index (Phi) is 5.44. The largest absolute Gasteiger partial charge is 0.392 e. The summed E-state index contributed by atoms with van der Waals surface area (Å²) in [5.74, 6) is 0.264. The summed E-state index contributed by atoms with van der Waals surface area (Å²) in [6, 6.07) is 17.1. The summed E-state index contributed by atoms with van der Waals surface area (Å²) in [4.78, 5) is 23.9. The summed E-state index contributed by atoms with van der Waals surface area (Å²) in [6.45, 7) is 1.47. The van der Waals surface area contributed by atoms with E-state index in [2.05, 4.69) is 4.98 Å². The minimum Gasteiger partial charge on any atom is -0.392 e. The van der Waals surface area contributed by atoms with E-state index in [0.29, 0.717) is 6.54 Å². The predicted molar refractivity (Wildman–Crippen MR) is 108 cm³/mol. The van der Waals surface area contributed by atoms with Crippen molar-refractivity contribution < 1.29 is 9.90 Å². The Balaban J connectivity index is 1.53. The van der Waals surface area contributed by atoms with Gasteiger partial charge in [-0.15, -0.1) is 0 Å². The maximum absolute atomic E-state index is 12.8. The van der Waals surface area contributed by atoms with Gasteiger partial charge in [0.15, 0.2) is 0 Å². The number of carbonyl (C=O) groups is 1. The summed E-state index contributed by atoms with van der Waals surface area (Å²) in [7, 11) is 0. The SMILES string of the molecule is O=C(c1ccccc1)N1CCC[C@H](c2cncc(-c3ccc(CO)cc3)n2)C1. The molecule has 0 unspecified atom stereocenters. The zero-order valence-corrected chi connectivity index (χ0v) is 15.7. The van der Waals surface area contributed by atoms with Crippen LogP contribution < -0.4 is 0 Å². The molecule has 1 amide bonds. The number of aromatic nitrogens is 2. The third kappa shape index (κ3) is 3.94. The molecule has 0 saturated carbocycles. The molecule has 1 atom stereocenters. The third-order valence-corrected chi connectivity index (χ3v) is 5.23. The van der Waals surface area contributed by atoms with Crippen molar-refractivity contribution in [3.05, 3.63) is 83.8 Å². The van der Waals surface area contributed by atoms with E-state index >= 15 is 0 Å². The minimum absolute atomic E-state index is 0.0271. The summed E-state index contributed by atoms with van der Waals surface area (Å²) in [6.07, 6.45) is 5.53. The van der Waals surface area contributed by atoms with Crippen molar-refractivity contribution in [3.63, 3.8) is 0 Å². The second kappa shape index (κ2) is 8.31. The molecular weight excluding hydrogens is 350 g/mol. The van der Waals surface area contributed by atoms with Crippen molar-refractivity contribution in [2.45, 2.75) is 25.4 Å². The average molecular weight is 373 g/mol. The number of benzene rings is 2. The van der Waals surface area contributed by atoms with Crippen molar-refractivity contribution >= 4 is 5.91 Å². The van der Waals surface area contributed by atoms with Gasteiger partial charge in [-0.25, -0.2) is 4.98 Å². The molecule has 0 bridgehead atoms. The molecule has 5 heteroatoms.